The normalized spacial score (nSPS) is 28.5. The third kappa shape index (κ3) is 3.33. The predicted molar refractivity (Wildman–Crippen MR) is 92.7 cm³/mol. The Morgan fingerprint density at radius 2 is 2.00 bits per heavy atom. The van der Waals surface area contributed by atoms with Gasteiger partial charge in [0.15, 0.2) is 0 Å². The zero-order valence-corrected chi connectivity index (χ0v) is 14.9. The number of alkyl halides is 1. The molecule has 0 unspecified atom stereocenters. The summed E-state index contributed by atoms with van der Waals surface area (Å²) in [6.07, 6.45) is -0.817. The Kier molecular flexibility index (Phi) is 4.93. The van der Waals surface area contributed by atoms with Crippen LogP contribution in [0, 0.1) is 5.92 Å². The summed E-state index contributed by atoms with van der Waals surface area (Å²) in [6, 6.07) is 8.59. The van der Waals surface area contributed by atoms with Gasteiger partial charge in [-0.05, 0) is 18.4 Å². The first-order chi connectivity index (χ1) is 11.5. The van der Waals surface area contributed by atoms with E-state index in [1.165, 1.54) is 0 Å². The summed E-state index contributed by atoms with van der Waals surface area (Å²) in [5.41, 5.74) is 0.872. The number of fused-ring (bicyclic) bond motifs is 2. The Hall–Kier alpha value is -1.84. The van der Waals surface area contributed by atoms with Gasteiger partial charge in [0, 0.05) is 9.97 Å². The smallest absolute Gasteiger partial charge is 0.414 e. The SMILES string of the molecule is O=C(N[C@H]1C[C@H](I)[C@H]2C[C@H]1C(=O)N2C(=O)O)OCc1ccccc1. The van der Waals surface area contributed by atoms with Crippen LogP contribution >= 0.6 is 22.6 Å². The van der Waals surface area contributed by atoms with Crippen molar-refractivity contribution in [3.63, 3.8) is 0 Å². The first kappa shape index (κ1) is 17.0. The zero-order chi connectivity index (χ0) is 17.3. The van der Waals surface area contributed by atoms with Crippen LogP contribution < -0.4 is 5.32 Å². The van der Waals surface area contributed by atoms with Gasteiger partial charge in [-0.25, -0.2) is 14.5 Å². The van der Waals surface area contributed by atoms with Crippen molar-refractivity contribution in [2.24, 2.45) is 5.92 Å². The topological polar surface area (TPSA) is 95.9 Å². The molecule has 8 heteroatoms. The van der Waals surface area contributed by atoms with Gasteiger partial charge in [-0.1, -0.05) is 52.9 Å². The molecule has 0 aromatic heterocycles. The fourth-order valence-corrected chi connectivity index (χ4v) is 4.49. The molecule has 128 valence electrons. The highest BCUT2D eigenvalue weighted by Gasteiger charge is 2.53. The summed E-state index contributed by atoms with van der Waals surface area (Å²) in [5, 5.41) is 11.9. The molecule has 1 aliphatic heterocycles. The molecule has 7 nitrogen and oxygen atoms in total. The van der Waals surface area contributed by atoms with Gasteiger partial charge in [-0.3, -0.25) is 4.79 Å². The average Bonchev–Trinajstić information content (AvgIpc) is 2.86. The lowest BCUT2D eigenvalue weighted by atomic mass is 9.85. The molecule has 2 bridgehead atoms. The van der Waals surface area contributed by atoms with Crippen LogP contribution in [0.1, 0.15) is 18.4 Å². The quantitative estimate of drug-likeness (QED) is 0.552. The van der Waals surface area contributed by atoms with E-state index < -0.39 is 30.1 Å². The van der Waals surface area contributed by atoms with Crippen LogP contribution in [0.5, 0.6) is 0 Å². The fraction of sp³-hybridized carbons (Fsp3) is 0.438. The predicted octanol–water partition coefficient (Wildman–Crippen LogP) is 2.38. The number of nitrogens with zero attached hydrogens (tertiary/aromatic N) is 1. The first-order valence-electron chi connectivity index (χ1n) is 7.64. The monoisotopic (exact) mass is 444 g/mol. The number of alkyl carbamates (subject to hydrolysis) is 1. The maximum absolute atomic E-state index is 12.3. The van der Waals surface area contributed by atoms with Crippen molar-refractivity contribution in [2.75, 3.05) is 0 Å². The standard InChI is InChI=1S/C16H17IN2O5/c17-11-7-12(10-6-13(11)19(14(10)20)16(22)23)18-15(21)24-8-9-4-2-1-3-5-9/h1-5,10-13H,6-8H2,(H,18,21)(H,22,23)/t10-,11+,12+,13-/m1/s1. The van der Waals surface area contributed by atoms with Gasteiger partial charge >= 0.3 is 12.2 Å². The molecule has 2 aliphatic rings. The first-order valence-corrected chi connectivity index (χ1v) is 8.89. The lowest BCUT2D eigenvalue weighted by molar-refractivity contribution is -0.129. The van der Waals surface area contributed by atoms with E-state index in [0.29, 0.717) is 12.8 Å². The van der Waals surface area contributed by atoms with Gasteiger partial charge in [-0.2, -0.15) is 0 Å². The largest absolute Gasteiger partial charge is 0.465 e. The molecule has 24 heavy (non-hydrogen) atoms. The highest BCUT2D eigenvalue weighted by atomic mass is 127. The minimum Gasteiger partial charge on any atom is -0.465 e. The minimum absolute atomic E-state index is 0.0270. The van der Waals surface area contributed by atoms with Gasteiger partial charge in [0.2, 0.25) is 5.91 Å². The molecular weight excluding hydrogens is 427 g/mol. The van der Waals surface area contributed by atoms with Crippen molar-refractivity contribution in [1.82, 2.24) is 10.2 Å². The molecule has 2 fully saturated rings. The molecule has 1 saturated heterocycles. The van der Waals surface area contributed by atoms with Crippen LogP contribution in [0.25, 0.3) is 0 Å². The second-order valence-corrected chi connectivity index (χ2v) is 7.56. The van der Waals surface area contributed by atoms with E-state index in [2.05, 4.69) is 27.9 Å². The molecule has 4 atom stereocenters. The second-order valence-electron chi connectivity index (χ2n) is 5.96. The highest BCUT2D eigenvalue weighted by Crippen LogP contribution is 2.40. The van der Waals surface area contributed by atoms with Gasteiger partial charge < -0.3 is 15.2 Å². The van der Waals surface area contributed by atoms with Crippen molar-refractivity contribution < 1.29 is 24.2 Å². The van der Waals surface area contributed by atoms with Gasteiger partial charge in [-0.15, -0.1) is 0 Å². The third-order valence-corrected chi connectivity index (χ3v) is 5.82. The second kappa shape index (κ2) is 6.96. The van der Waals surface area contributed by atoms with Gasteiger partial charge in [0.25, 0.3) is 0 Å². The summed E-state index contributed by atoms with van der Waals surface area (Å²) in [5.74, 6) is -0.929. The van der Waals surface area contributed by atoms with Crippen molar-refractivity contribution in [3.8, 4) is 0 Å². The molecule has 1 aromatic carbocycles. The minimum atomic E-state index is -1.22. The third-order valence-electron chi connectivity index (χ3n) is 4.49. The van der Waals surface area contributed by atoms with Gasteiger partial charge in [0.1, 0.15) is 6.61 Å². The number of imide groups is 1. The van der Waals surface area contributed by atoms with E-state index in [1.54, 1.807) is 0 Å². The number of hydrogen-bond acceptors (Lipinski definition) is 4. The zero-order valence-electron chi connectivity index (χ0n) is 12.7. The Bertz CT molecular complexity index is 653. The highest BCUT2D eigenvalue weighted by molar-refractivity contribution is 14.1. The number of ether oxygens (including phenoxy) is 1. The molecule has 0 spiro atoms. The van der Waals surface area contributed by atoms with Gasteiger partial charge in [0.05, 0.1) is 12.0 Å². The number of likely N-dealkylation sites (tertiary alicyclic amines) is 1. The van der Waals surface area contributed by atoms with Crippen molar-refractivity contribution in [3.05, 3.63) is 35.9 Å². The number of nitrogens with one attached hydrogen (secondary N) is 1. The van der Waals surface area contributed by atoms with E-state index in [0.717, 1.165) is 10.5 Å². The maximum Gasteiger partial charge on any atom is 0.414 e. The summed E-state index contributed by atoms with van der Waals surface area (Å²) >= 11 is 2.15. The summed E-state index contributed by atoms with van der Waals surface area (Å²) in [6.45, 7) is 0.148. The lowest BCUT2D eigenvalue weighted by Crippen LogP contribution is -2.46. The Balaban J connectivity index is 1.60. The fourth-order valence-electron chi connectivity index (χ4n) is 3.33. The number of hydrogen-bond donors (Lipinski definition) is 2. The molecule has 3 amide bonds. The van der Waals surface area contributed by atoms with E-state index >= 15 is 0 Å². The van der Waals surface area contributed by atoms with Crippen molar-refractivity contribution in [1.29, 1.82) is 0 Å². The molecular formula is C16H17IN2O5. The van der Waals surface area contributed by atoms with Crippen LogP contribution in [0.3, 0.4) is 0 Å². The van der Waals surface area contributed by atoms with Crippen molar-refractivity contribution >= 4 is 40.7 Å². The Morgan fingerprint density at radius 1 is 1.29 bits per heavy atom. The van der Waals surface area contributed by atoms with E-state index in [1.807, 2.05) is 30.3 Å². The summed E-state index contributed by atoms with van der Waals surface area (Å²) in [7, 11) is 0. The number of benzene rings is 1. The molecule has 2 N–H and O–H groups in total. The van der Waals surface area contributed by atoms with E-state index in [4.69, 9.17) is 4.74 Å². The van der Waals surface area contributed by atoms with E-state index in [9.17, 15) is 19.5 Å². The molecule has 3 rings (SSSR count). The number of halogens is 1. The van der Waals surface area contributed by atoms with Crippen LogP contribution in [-0.2, 0) is 16.1 Å². The molecule has 0 radical (unpaired) electrons. The number of carbonyl (C=O) groups excluding carboxylic acids is 2. The lowest BCUT2D eigenvalue weighted by Gasteiger charge is -2.31. The summed E-state index contributed by atoms with van der Waals surface area (Å²) in [4.78, 5) is 36.5. The van der Waals surface area contributed by atoms with Crippen LogP contribution in [0.2, 0.25) is 0 Å². The molecule has 1 aliphatic carbocycles. The number of rotatable bonds is 3. The number of carbonyl (C=O) groups is 3. The molecule has 1 aromatic rings. The molecule has 1 heterocycles. The Labute approximate surface area is 152 Å². The Morgan fingerprint density at radius 3 is 2.67 bits per heavy atom. The number of amides is 3. The average molecular weight is 444 g/mol. The maximum atomic E-state index is 12.3. The van der Waals surface area contributed by atoms with Crippen LogP contribution in [0.15, 0.2) is 30.3 Å². The van der Waals surface area contributed by atoms with Crippen molar-refractivity contribution in [2.45, 2.75) is 35.5 Å². The molecule has 1 saturated carbocycles. The van der Waals surface area contributed by atoms with E-state index in [-0.39, 0.29) is 16.6 Å². The van der Waals surface area contributed by atoms with Crippen LogP contribution in [0.4, 0.5) is 9.59 Å². The van der Waals surface area contributed by atoms with Crippen LogP contribution in [-0.4, -0.2) is 44.1 Å². The summed E-state index contributed by atoms with van der Waals surface area (Å²) < 4.78 is 5.16. The number of carboxylic acid groups (broad SMARTS) is 1.